The molecule has 0 radical (unpaired) electrons. The van der Waals surface area contributed by atoms with Crippen LogP contribution < -0.4 is 5.73 Å². The summed E-state index contributed by atoms with van der Waals surface area (Å²) in [6.45, 7) is 4.22. The molecule has 3 heterocycles. The topological polar surface area (TPSA) is 63.6 Å². The lowest BCUT2D eigenvalue weighted by Gasteiger charge is -2.21. The lowest BCUT2D eigenvalue weighted by atomic mass is 9.90. The number of rotatable bonds is 2. The zero-order valence-electron chi connectivity index (χ0n) is 11.9. The molecule has 5 nitrogen and oxygen atoms in total. The van der Waals surface area contributed by atoms with E-state index in [0.29, 0.717) is 12.2 Å². The Morgan fingerprint density at radius 3 is 2.81 bits per heavy atom. The Hall–Kier alpha value is -1.30. The maximum atomic E-state index is 12.4. The molecule has 1 fully saturated rings. The van der Waals surface area contributed by atoms with Crippen molar-refractivity contribution >= 4 is 36.4 Å². The van der Waals surface area contributed by atoms with Crippen LogP contribution in [0.15, 0.2) is 30.6 Å². The van der Waals surface area contributed by atoms with E-state index in [2.05, 4.69) is 11.9 Å². The Bertz CT molecular complexity index is 597. The highest BCUT2D eigenvalue weighted by molar-refractivity contribution is 5.93. The zero-order valence-corrected chi connectivity index (χ0v) is 13.5. The lowest BCUT2D eigenvalue weighted by Crippen LogP contribution is -2.34. The van der Waals surface area contributed by atoms with Crippen molar-refractivity contribution in [2.75, 3.05) is 19.6 Å². The summed E-state index contributed by atoms with van der Waals surface area (Å²) in [6.07, 6.45) is 4.64. The molecule has 1 saturated heterocycles. The fraction of sp³-hybridized carbons (Fsp3) is 0.429. The number of halogens is 2. The Morgan fingerprint density at radius 2 is 2.19 bits per heavy atom. The molecule has 1 amide bonds. The summed E-state index contributed by atoms with van der Waals surface area (Å²) >= 11 is 0. The van der Waals surface area contributed by atoms with Gasteiger partial charge in [0.15, 0.2) is 0 Å². The minimum absolute atomic E-state index is 0. The molecular weight excluding hydrogens is 311 g/mol. The van der Waals surface area contributed by atoms with Crippen LogP contribution >= 0.6 is 24.8 Å². The maximum absolute atomic E-state index is 12.4. The van der Waals surface area contributed by atoms with Gasteiger partial charge in [0, 0.05) is 25.5 Å². The molecule has 7 heteroatoms. The van der Waals surface area contributed by atoms with Crippen LogP contribution in [0.3, 0.4) is 0 Å². The van der Waals surface area contributed by atoms with Crippen molar-refractivity contribution in [2.24, 2.45) is 11.1 Å². The van der Waals surface area contributed by atoms with Gasteiger partial charge in [-0.1, -0.05) is 13.0 Å². The first-order chi connectivity index (χ1) is 9.11. The molecule has 2 aromatic heterocycles. The van der Waals surface area contributed by atoms with Gasteiger partial charge in [0.2, 0.25) is 0 Å². The van der Waals surface area contributed by atoms with Crippen LogP contribution in [0.2, 0.25) is 0 Å². The van der Waals surface area contributed by atoms with Gasteiger partial charge in [-0.2, -0.15) is 0 Å². The number of hydrogen-bond donors (Lipinski definition) is 1. The van der Waals surface area contributed by atoms with Gasteiger partial charge in [0.25, 0.3) is 5.91 Å². The summed E-state index contributed by atoms with van der Waals surface area (Å²) in [5.41, 5.74) is 7.13. The summed E-state index contributed by atoms with van der Waals surface area (Å²) in [6, 6.07) is 5.73. The number of carbonyl (C=O) groups excluding carboxylic acids is 1. The van der Waals surface area contributed by atoms with Gasteiger partial charge >= 0.3 is 0 Å². The van der Waals surface area contributed by atoms with Crippen LogP contribution in [-0.4, -0.2) is 39.8 Å². The lowest BCUT2D eigenvalue weighted by molar-refractivity contribution is 0.0772. The van der Waals surface area contributed by atoms with Crippen molar-refractivity contribution in [3.05, 3.63) is 36.3 Å². The van der Waals surface area contributed by atoms with E-state index in [-0.39, 0.29) is 36.1 Å². The minimum atomic E-state index is 0. The number of carbonyl (C=O) groups is 1. The smallest absolute Gasteiger partial charge is 0.274 e. The largest absolute Gasteiger partial charge is 0.337 e. The van der Waals surface area contributed by atoms with E-state index >= 15 is 0 Å². The molecule has 3 rings (SSSR count). The summed E-state index contributed by atoms with van der Waals surface area (Å²) < 4.78 is 1.87. The molecule has 1 unspecified atom stereocenters. The Labute approximate surface area is 136 Å². The zero-order chi connectivity index (χ0) is 13.5. The molecule has 2 aromatic rings. The summed E-state index contributed by atoms with van der Waals surface area (Å²) in [5.74, 6) is 0.000810. The number of fused-ring (bicyclic) bond motifs is 1. The van der Waals surface area contributed by atoms with Crippen molar-refractivity contribution < 1.29 is 4.79 Å². The van der Waals surface area contributed by atoms with Crippen LogP contribution in [0.5, 0.6) is 0 Å². The second-order valence-corrected chi connectivity index (χ2v) is 5.58. The van der Waals surface area contributed by atoms with E-state index in [9.17, 15) is 4.79 Å². The van der Waals surface area contributed by atoms with Crippen LogP contribution in [0, 0.1) is 5.41 Å². The Morgan fingerprint density at radius 1 is 1.43 bits per heavy atom. The van der Waals surface area contributed by atoms with Crippen molar-refractivity contribution in [1.82, 2.24) is 14.3 Å². The third-order valence-corrected chi connectivity index (χ3v) is 3.92. The highest BCUT2D eigenvalue weighted by atomic mass is 35.5. The van der Waals surface area contributed by atoms with Gasteiger partial charge in [0.05, 0.1) is 0 Å². The van der Waals surface area contributed by atoms with Crippen molar-refractivity contribution in [3.63, 3.8) is 0 Å². The molecule has 0 bridgehead atoms. The highest BCUT2D eigenvalue weighted by Gasteiger charge is 2.35. The number of likely N-dealkylation sites (tertiary alicyclic amines) is 1. The number of pyridine rings is 1. The number of nitrogens with two attached hydrogens (primary N) is 1. The third kappa shape index (κ3) is 3.31. The predicted molar refractivity (Wildman–Crippen MR) is 87.4 cm³/mol. The molecular formula is C14H20Cl2N4O. The van der Waals surface area contributed by atoms with E-state index in [4.69, 9.17) is 5.73 Å². The first-order valence-electron chi connectivity index (χ1n) is 6.54. The van der Waals surface area contributed by atoms with E-state index in [1.54, 1.807) is 6.20 Å². The quantitative estimate of drug-likeness (QED) is 0.915. The molecule has 1 atom stereocenters. The predicted octanol–water partition coefficient (Wildman–Crippen LogP) is 1.99. The second kappa shape index (κ2) is 6.64. The maximum Gasteiger partial charge on any atom is 0.274 e. The first kappa shape index (κ1) is 17.8. The molecule has 116 valence electrons. The molecule has 0 saturated carbocycles. The second-order valence-electron chi connectivity index (χ2n) is 5.58. The van der Waals surface area contributed by atoms with E-state index in [1.165, 1.54) is 0 Å². The fourth-order valence-electron chi connectivity index (χ4n) is 2.56. The third-order valence-electron chi connectivity index (χ3n) is 3.92. The monoisotopic (exact) mass is 330 g/mol. The van der Waals surface area contributed by atoms with Gasteiger partial charge < -0.3 is 15.0 Å². The normalized spacial score (nSPS) is 21.0. The molecule has 0 spiro atoms. The molecule has 1 aliphatic heterocycles. The van der Waals surface area contributed by atoms with Crippen LogP contribution in [0.1, 0.15) is 23.8 Å². The summed E-state index contributed by atoms with van der Waals surface area (Å²) in [5, 5.41) is 0. The fourth-order valence-corrected chi connectivity index (χ4v) is 2.56. The average molecular weight is 331 g/mol. The van der Waals surface area contributed by atoms with Crippen molar-refractivity contribution in [2.45, 2.75) is 13.3 Å². The number of hydrogen-bond acceptors (Lipinski definition) is 3. The van der Waals surface area contributed by atoms with Gasteiger partial charge in [0.1, 0.15) is 11.3 Å². The molecule has 0 aliphatic carbocycles. The SMILES string of the molecule is CC1(CN)CCN(C(=O)c2cn3ccccc3n2)C1.Cl.Cl. The van der Waals surface area contributed by atoms with Gasteiger partial charge in [-0.25, -0.2) is 4.98 Å². The van der Waals surface area contributed by atoms with Crippen molar-refractivity contribution in [1.29, 1.82) is 0 Å². The number of imidazole rings is 1. The Kier molecular flexibility index (Phi) is 5.61. The van der Waals surface area contributed by atoms with E-state index < -0.39 is 0 Å². The Balaban J connectivity index is 0.00000110. The van der Waals surface area contributed by atoms with Crippen molar-refractivity contribution in [3.8, 4) is 0 Å². The minimum Gasteiger partial charge on any atom is -0.337 e. The number of aromatic nitrogens is 2. The standard InChI is InChI=1S/C14H18N4O.2ClH/c1-14(9-15)5-7-18(10-14)13(19)11-8-17-6-3-2-4-12(17)16-11;;/h2-4,6,8H,5,7,9-10,15H2,1H3;2*1H. The van der Waals surface area contributed by atoms with Gasteiger partial charge in [-0.05, 0) is 30.5 Å². The number of nitrogens with zero attached hydrogens (tertiary/aromatic N) is 3. The summed E-state index contributed by atoms with van der Waals surface area (Å²) in [7, 11) is 0. The van der Waals surface area contributed by atoms with Gasteiger partial charge in [-0.3, -0.25) is 4.79 Å². The first-order valence-corrected chi connectivity index (χ1v) is 6.54. The molecule has 21 heavy (non-hydrogen) atoms. The average Bonchev–Trinajstić information content (AvgIpc) is 3.02. The summed E-state index contributed by atoms with van der Waals surface area (Å²) in [4.78, 5) is 18.7. The number of amides is 1. The molecule has 1 aliphatic rings. The van der Waals surface area contributed by atoms with Gasteiger partial charge in [-0.15, -0.1) is 24.8 Å². The van der Waals surface area contributed by atoms with Crippen LogP contribution in [-0.2, 0) is 0 Å². The van der Waals surface area contributed by atoms with E-state index in [1.807, 2.05) is 33.7 Å². The van der Waals surface area contributed by atoms with E-state index in [0.717, 1.165) is 25.2 Å². The molecule has 0 aromatic carbocycles. The molecule has 2 N–H and O–H groups in total. The highest BCUT2D eigenvalue weighted by Crippen LogP contribution is 2.29. The van der Waals surface area contributed by atoms with Crippen LogP contribution in [0.4, 0.5) is 0 Å². The van der Waals surface area contributed by atoms with Crippen LogP contribution in [0.25, 0.3) is 5.65 Å².